The van der Waals surface area contributed by atoms with Crippen LogP contribution in [0.5, 0.6) is 0 Å². The normalized spacial score (nSPS) is 18.2. The molecule has 8 heterocycles. The van der Waals surface area contributed by atoms with Crippen molar-refractivity contribution in [2.75, 3.05) is 75.6 Å². The maximum atomic E-state index is 13.2. The molecule has 0 aromatic carbocycles. The number of anilines is 2. The Morgan fingerprint density at radius 1 is 0.677 bits per heavy atom. The molecule has 16 nitrogen and oxygen atoms in total. The first-order valence-corrected chi connectivity index (χ1v) is 27.4. The van der Waals surface area contributed by atoms with E-state index in [0.29, 0.717) is 41.9 Å². The second-order valence-electron chi connectivity index (χ2n) is 20.5. The summed E-state index contributed by atoms with van der Waals surface area (Å²) < 4.78 is 26.5. The Hall–Kier alpha value is -4.47. The third-order valence-electron chi connectivity index (χ3n) is 13.3. The first-order chi connectivity index (χ1) is 29.2. The van der Waals surface area contributed by atoms with Gasteiger partial charge in [-0.25, -0.2) is 29.9 Å². The van der Waals surface area contributed by atoms with E-state index in [-0.39, 0.29) is 32.0 Å². The summed E-state index contributed by atoms with van der Waals surface area (Å²) >= 11 is 0. The lowest BCUT2D eigenvalue weighted by atomic mass is 9.78. The smallest absolute Gasteiger partial charge is 0.298 e. The van der Waals surface area contributed by atoms with E-state index in [2.05, 4.69) is 97.6 Å². The number of nitrogens with zero attached hydrogens (tertiary/aromatic N) is 10. The van der Waals surface area contributed by atoms with Crippen molar-refractivity contribution in [3.63, 3.8) is 0 Å². The molecule has 0 amide bonds. The van der Waals surface area contributed by atoms with Gasteiger partial charge in [-0.2, -0.15) is 0 Å². The molecule has 4 fully saturated rings. The van der Waals surface area contributed by atoms with Gasteiger partial charge >= 0.3 is 0 Å². The second kappa shape index (κ2) is 17.6. The van der Waals surface area contributed by atoms with Crippen LogP contribution in [-0.2, 0) is 24.7 Å². The molecule has 62 heavy (non-hydrogen) atoms. The lowest BCUT2D eigenvalue weighted by molar-refractivity contribution is -0.127. The van der Waals surface area contributed by atoms with Gasteiger partial charge in [-0.1, -0.05) is 47.6 Å². The molecule has 0 N–H and O–H groups in total. The minimum absolute atomic E-state index is 0.133. The number of hydrogen-bond donors (Lipinski definition) is 0. The minimum atomic E-state index is -1.82. The van der Waals surface area contributed by atoms with Crippen LogP contribution in [0.4, 0.5) is 11.6 Å². The Morgan fingerprint density at radius 2 is 1.13 bits per heavy atom. The largest absolute Gasteiger partial charge is 0.417 e. The molecule has 0 radical (unpaired) electrons. The fourth-order valence-electron chi connectivity index (χ4n) is 7.27. The van der Waals surface area contributed by atoms with Gasteiger partial charge < -0.3 is 28.1 Å². The van der Waals surface area contributed by atoms with Crippen molar-refractivity contribution in [1.29, 1.82) is 0 Å². The van der Waals surface area contributed by atoms with Gasteiger partial charge in [0, 0.05) is 45.2 Å². The number of hydrogen-bond acceptors (Lipinski definition) is 14. The van der Waals surface area contributed by atoms with Gasteiger partial charge in [0.15, 0.2) is 28.3 Å². The van der Waals surface area contributed by atoms with Gasteiger partial charge in [-0.05, 0) is 55.2 Å². The Labute approximate surface area is 367 Å². The summed E-state index contributed by atoms with van der Waals surface area (Å²) in [6.45, 7) is 29.9. The van der Waals surface area contributed by atoms with Crippen molar-refractivity contribution >= 4 is 34.3 Å². The second-order valence-corrected chi connectivity index (χ2v) is 30.1. The Bertz CT molecular complexity index is 2320. The van der Waals surface area contributed by atoms with Crippen molar-refractivity contribution in [1.82, 2.24) is 39.0 Å². The van der Waals surface area contributed by atoms with Crippen molar-refractivity contribution in [3.05, 3.63) is 88.0 Å². The van der Waals surface area contributed by atoms with Crippen LogP contribution >= 0.6 is 0 Å². The predicted molar refractivity (Wildman–Crippen MR) is 245 cm³/mol. The molecule has 0 bridgehead atoms. The Morgan fingerprint density at radius 3 is 1.58 bits per heavy atom. The zero-order chi connectivity index (χ0) is 44.6. The van der Waals surface area contributed by atoms with Crippen molar-refractivity contribution in [3.8, 4) is 11.4 Å². The van der Waals surface area contributed by atoms with E-state index in [1.807, 2.05) is 23.2 Å². The van der Waals surface area contributed by atoms with Crippen molar-refractivity contribution in [2.45, 2.75) is 90.6 Å². The summed E-state index contributed by atoms with van der Waals surface area (Å²) in [6, 6.07) is 0. The maximum Gasteiger partial charge on any atom is 0.298 e. The van der Waals surface area contributed by atoms with Gasteiger partial charge in [0.25, 0.3) is 11.1 Å². The quantitative estimate of drug-likeness (QED) is 0.119. The molecule has 0 aliphatic carbocycles. The standard InChI is InChI=1S/C22H33N5O3Si.C22H31N5O3Si/c2*1-21(2,3)31(4,5)30-8-6-7-17-11-27(18-9-23-16-24-10-18)20(28)19(25-17)26-12-22(13-26)14-29-15-22/h9-11,16H,6-8,12-15H2,1-5H3;6-7,9-11,16H,8,12-15H2,1-5H3/b;7-6+. The number of aryl methyl sites for hydroxylation is 1. The first kappa shape index (κ1) is 45.6. The molecule has 2 spiro atoms. The van der Waals surface area contributed by atoms with Gasteiger partial charge in [0.2, 0.25) is 0 Å². The number of aromatic nitrogens is 8. The summed E-state index contributed by atoms with van der Waals surface area (Å²) in [7, 11) is -3.59. The highest BCUT2D eigenvalue weighted by Gasteiger charge is 2.51. The molecule has 4 aromatic rings. The van der Waals surface area contributed by atoms with Crippen molar-refractivity contribution < 1.29 is 18.3 Å². The van der Waals surface area contributed by atoms with Gasteiger partial charge in [-0.15, -0.1) is 0 Å². The number of rotatable bonds is 13. The van der Waals surface area contributed by atoms with Gasteiger partial charge in [-0.3, -0.25) is 18.7 Å². The zero-order valence-electron chi connectivity index (χ0n) is 38.2. The van der Waals surface area contributed by atoms with E-state index in [9.17, 15) is 9.59 Å². The summed E-state index contributed by atoms with van der Waals surface area (Å²) in [5, 5.41) is 0.350. The Balaban J connectivity index is 0.000000186. The average molecular weight is 885 g/mol. The van der Waals surface area contributed by atoms with Crippen LogP contribution in [0, 0.1) is 10.8 Å². The molecular formula is C44H64N10O6Si2. The van der Waals surface area contributed by atoms with Crippen LogP contribution in [0.2, 0.25) is 36.3 Å². The third-order valence-corrected chi connectivity index (χ3v) is 22.4. The van der Waals surface area contributed by atoms with Crippen LogP contribution in [0.25, 0.3) is 17.5 Å². The molecule has 4 aromatic heterocycles. The van der Waals surface area contributed by atoms with Crippen LogP contribution in [-0.4, -0.2) is 121 Å². The highest BCUT2D eigenvalue weighted by Crippen LogP contribution is 2.41. The highest BCUT2D eigenvalue weighted by atomic mass is 28.4. The monoisotopic (exact) mass is 884 g/mol. The van der Waals surface area contributed by atoms with Crippen LogP contribution in [0.3, 0.4) is 0 Å². The fraction of sp³-hybridized carbons (Fsp3) is 0.591. The fourth-order valence-corrected chi connectivity index (χ4v) is 9.30. The molecule has 0 unspecified atom stereocenters. The van der Waals surface area contributed by atoms with Crippen LogP contribution in [0.1, 0.15) is 59.4 Å². The minimum Gasteiger partial charge on any atom is -0.417 e. The molecule has 4 saturated heterocycles. The third kappa shape index (κ3) is 9.84. The Kier molecular flexibility index (Phi) is 12.9. The zero-order valence-corrected chi connectivity index (χ0v) is 40.2. The van der Waals surface area contributed by atoms with E-state index in [0.717, 1.165) is 71.1 Å². The number of ether oxygens (including phenoxy) is 2. The lowest BCUT2D eigenvalue weighted by Gasteiger charge is -2.55. The molecule has 18 heteroatoms. The molecule has 8 rings (SSSR count). The molecule has 0 atom stereocenters. The molecule has 334 valence electrons. The highest BCUT2D eigenvalue weighted by molar-refractivity contribution is 6.74. The van der Waals surface area contributed by atoms with E-state index in [1.165, 1.54) is 12.7 Å². The van der Waals surface area contributed by atoms with E-state index >= 15 is 0 Å². The summed E-state index contributed by atoms with van der Waals surface area (Å²) in [5.74, 6) is 0.957. The summed E-state index contributed by atoms with van der Waals surface area (Å²) in [5.41, 5.74) is 2.94. The molecular weight excluding hydrogens is 821 g/mol. The van der Waals surface area contributed by atoms with Gasteiger partial charge in [0.1, 0.15) is 12.7 Å². The van der Waals surface area contributed by atoms with Crippen molar-refractivity contribution in [2.24, 2.45) is 10.8 Å². The summed E-state index contributed by atoms with van der Waals surface area (Å²) in [6.07, 6.45) is 18.5. The van der Waals surface area contributed by atoms with E-state index < -0.39 is 16.6 Å². The lowest BCUT2D eigenvalue weighted by Crippen LogP contribution is -2.67. The average Bonchev–Trinajstić information content (AvgIpc) is 3.15. The maximum absolute atomic E-state index is 13.2. The first-order valence-electron chi connectivity index (χ1n) is 21.6. The SMILES string of the molecule is CC(C)(C)[Si](C)(C)OC/C=C/c1cn(-c2cncnc2)c(=O)c(N2CC3(COC3)C2)n1.CC(C)(C)[Si](C)(C)OCCCc1cn(-c2cncnc2)c(=O)c(N2CC3(COC3)C2)n1. The van der Waals surface area contributed by atoms with E-state index in [4.69, 9.17) is 23.3 Å². The predicted octanol–water partition coefficient (Wildman–Crippen LogP) is 5.71. The van der Waals surface area contributed by atoms with Crippen LogP contribution in [0.15, 0.2) is 65.5 Å². The molecule has 4 aliphatic rings. The molecule has 0 saturated carbocycles. The van der Waals surface area contributed by atoms with Crippen LogP contribution < -0.4 is 20.9 Å². The topological polar surface area (TPSA) is 165 Å². The van der Waals surface area contributed by atoms with Gasteiger partial charge in [0.05, 0.1) is 91.4 Å². The molecule has 4 aliphatic heterocycles. The van der Waals surface area contributed by atoms with E-state index in [1.54, 1.807) is 40.1 Å². The summed E-state index contributed by atoms with van der Waals surface area (Å²) in [4.78, 5) is 56.2.